The average molecular weight is 1020 g/mol. The zero-order valence-electron chi connectivity index (χ0n) is 41.3. The molecule has 0 radical (unpaired) electrons. The number of fused-ring (bicyclic) bond motifs is 4. The highest BCUT2D eigenvalue weighted by Gasteiger charge is 2.50. The van der Waals surface area contributed by atoms with E-state index in [2.05, 4.69) is 65.8 Å². The number of benzene rings is 3. The highest BCUT2D eigenvalue weighted by molar-refractivity contribution is 7.90. The lowest BCUT2D eigenvalue weighted by atomic mass is 9.59. The predicted molar refractivity (Wildman–Crippen MR) is 274 cm³/mol. The van der Waals surface area contributed by atoms with Crippen molar-refractivity contribution in [3.05, 3.63) is 99.7 Å². The number of nitrogens with zero attached hydrogens (tertiary/aromatic N) is 6. The number of aryl methyl sites for hydroxylation is 1. The van der Waals surface area contributed by atoms with Crippen LogP contribution in [-0.2, 0) is 19.5 Å². The molecule has 7 aliphatic rings. The third kappa shape index (κ3) is 9.13. The summed E-state index contributed by atoms with van der Waals surface area (Å²) >= 11 is 0. The second kappa shape index (κ2) is 18.7. The second-order valence-electron chi connectivity index (χ2n) is 21.6. The van der Waals surface area contributed by atoms with Crippen LogP contribution in [0.25, 0.3) is 11.0 Å². The molecule has 0 unspecified atom stereocenters. The number of H-pyrrole nitrogens is 1. The van der Waals surface area contributed by atoms with Gasteiger partial charge in [0.1, 0.15) is 24.0 Å². The number of nitro benzene ring substituents is 1. The van der Waals surface area contributed by atoms with E-state index >= 15 is 0 Å². The maximum absolute atomic E-state index is 14.8. The van der Waals surface area contributed by atoms with Crippen LogP contribution in [0.15, 0.2) is 77.8 Å². The van der Waals surface area contributed by atoms with Gasteiger partial charge in [-0.1, -0.05) is 24.3 Å². The van der Waals surface area contributed by atoms with Crippen LogP contribution < -0.4 is 29.3 Å². The first-order chi connectivity index (χ1) is 35.2. The number of sulfonamides is 1. The number of carbonyl (C=O) groups excluding carboxylic acids is 1. The number of pyridine rings is 1. The minimum atomic E-state index is -4.72. The molecule has 73 heavy (non-hydrogen) atoms. The molecular weight excluding hydrogens is 955 g/mol. The van der Waals surface area contributed by atoms with Gasteiger partial charge in [-0.05, 0) is 106 Å². The molecule has 5 fully saturated rings. The van der Waals surface area contributed by atoms with Crippen LogP contribution in [0.5, 0.6) is 11.6 Å². The number of morpholine rings is 1. The van der Waals surface area contributed by atoms with Crippen molar-refractivity contribution in [2.75, 3.05) is 87.4 Å². The van der Waals surface area contributed by atoms with Crippen LogP contribution >= 0.6 is 0 Å². The van der Waals surface area contributed by atoms with E-state index in [9.17, 15) is 28.4 Å². The van der Waals surface area contributed by atoms with Gasteiger partial charge in [0.25, 0.3) is 21.6 Å². The fourth-order valence-corrected chi connectivity index (χ4v) is 13.6. The van der Waals surface area contributed by atoms with Gasteiger partial charge in [0.15, 0.2) is 11.4 Å². The normalized spacial score (nSPS) is 25.1. The van der Waals surface area contributed by atoms with E-state index in [-0.39, 0.29) is 47.1 Å². The van der Waals surface area contributed by atoms with Gasteiger partial charge in [0.05, 0.1) is 64.6 Å². The SMILES string of the molecule is Cc1ccccc1[C@@H]1COCCN1C1CC2(CCN(c3ccc(C(=O)NS(=O)(=O)c4cc5c(c([N+](=O)[O-])c4)N[C@@H](CN4CCC(C)(O)CC4)CO5)c(N4c5cc6cc[nH]c6nc5O[C@H]5COCC[C@@H]54)c3)CC2)C1. The number of likely N-dealkylation sites (tertiary alicyclic amines) is 1. The van der Waals surface area contributed by atoms with Gasteiger partial charge in [-0.15, -0.1) is 0 Å². The van der Waals surface area contributed by atoms with E-state index in [0.717, 1.165) is 69.1 Å². The summed E-state index contributed by atoms with van der Waals surface area (Å²) in [6.45, 7) is 10.7. The zero-order chi connectivity index (χ0) is 50.2. The third-order valence-electron chi connectivity index (χ3n) is 16.8. The van der Waals surface area contributed by atoms with Gasteiger partial charge in [0, 0.05) is 81.3 Å². The lowest BCUT2D eigenvalue weighted by Crippen LogP contribution is -2.58. The van der Waals surface area contributed by atoms with Crippen molar-refractivity contribution >= 4 is 55.4 Å². The second-order valence-corrected chi connectivity index (χ2v) is 23.3. The quantitative estimate of drug-likeness (QED) is 0.0876. The fourth-order valence-electron chi connectivity index (χ4n) is 12.6. The maximum Gasteiger partial charge on any atom is 0.297 e. The van der Waals surface area contributed by atoms with Gasteiger partial charge in [-0.3, -0.25) is 19.8 Å². The standard InChI is InChI=1S/C53H63N9O10S/c1-33-5-3-4-6-39(33)45-31-70-22-20-60(45)37-27-53(28-37)13-18-59(19-14-53)36-7-8-40(42(24-36)61-41-10-21-69-32-47(41)72-51-44(61)23-34-9-15-54-49(34)56-51)50(63)57-73(67,68)38-25-43(62(65)66)48-46(26-38)71-30-35(55-48)29-58-16-11-52(2,64)12-17-58/h3-9,15,23-26,35,37,41,45,47,55,64H,10-14,16-22,27-32H2,1-2H3,(H,54,56)(H,57,63)/t35-,41-,45-,47-/m0/s1. The summed E-state index contributed by atoms with van der Waals surface area (Å²) in [5.41, 5.74) is 4.47. The molecule has 4 atom stereocenters. The summed E-state index contributed by atoms with van der Waals surface area (Å²) in [7, 11) is -4.72. The Balaban J connectivity index is 0.825. The van der Waals surface area contributed by atoms with Crippen LogP contribution in [0.4, 0.5) is 28.4 Å². The Morgan fingerprint density at radius 1 is 0.945 bits per heavy atom. The number of hydrogen-bond donors (Lipinski definition) is 4. The summed E-state index contributed by atoms with van der Waals surface area (Å²) in [4.78, 5) is 43.6. The molecule has 386 valence electrons. The van der Waals surface area contributed by atoms with E-state index in [1.807, 2.05) is 31.2 Å². The van der Waals surface area contributed by atoms with E-state index in [0.29, 0.717) is 87.7 Å². The summed E-state index contributed by atoms with van der Waals surface area (Å²) in [6.07, 6.45) is 7.45. The number of hydrogen-bond acceptors (Lipinski definition) is 16. The van der Waals surface area contributed by atoms with Crippen molar-refractivity contribution < 1.29 is 42.2 Å². The molecule has 1 aliphatic carbocycles. The minimum Gasteiger partial charge on any atom is -0.489 e. The zero-order valence-corrected chi connectivity index (χ0v) is 42.1. The van der Waals surface area contributed by atoms with Crippen molar-refractivity contribution in [2.45, 2.75) is 99.6 Å². The molecule has 1 saturated carbocycles. The van der Waals surface area contributed by atoms with E-state index < -0.39 is 43.1 Å². The first kappa shape index (κ1) is 47.9. The molecule has 20 heteroatoms. The Bertz CT molecular complexity index is 3050. The fraction of sp³-hybridized carbons (Fsp3) is 0.509. The Morgan fingerprint density at radius 3 is 2.53 bits per heavy atom. The Hall–Kier alpha value is -6.03. The number of rotatable bonds is 10. The highest BCUT2D eigenvalue weighted by atomic mass is 32.2. The Labute approximate surface area is 424 Å². The molecule has 1 amide bonds. The predicted octanol–water partition coefficient (Wildman–Crippen LogP) is 6.43. The molecule has 19 nitrogen and oxygen atoms in total. The number of anilines is 4. The first-order valence-electron chi connectivity index (χ1n) is 25.7. The van der Waals surface area contributed by atoms with Gasteiger partial charge < -0.3 is 49.1 Å². The molecule has 6 aliphatic heterocycles. The van der Waals surface area contributed by atoms with Crippen molar-refractivity contribution in [3.8, 4) is 11.6 Å². The molecular formula is C53H63N9O10S. The molecule has 1 spiro atoms. The molecule has 2 aromatic heterocycles. The number of nitro groups is 1. The van der Waals surface area contributed by atoms with E-state index in [1.54, 1.807) is 12.3 Å². The largest absolute Gasteiger partial charge is 0.489 e. The van der Waals surface area contributed by atoms with Crippen molar-refractivity contribution in [1.29, 1.82) is 0 Å². The lowest BCUT2D eigenvalue weighted by Gasteiger charge is -2.57. The molecule has 5 aromatic rings. The number of aromatic amines is 1. The van der Waals surface area contributed by atoms with Gasteiger partial charge in [0.2, 0.25) is 5.88 Å². The number of ether oxygens (including phenoxy) is 4. The maximum atomic E-state index is 14.8. The van der Waals surface area contributed by atoms with Crippen LogP contribution in [0.3, 0.4) is 0 Å². The molecule has 8 heterocycles. The Kier molecular flexibility index (Phi) is 12.3. The summed E-state index contributed by atoms with van der Waals surface area (Å²) in [6, 6.07) is 20.4. The molecule has 4 saturated heterocycles. The van der Waals surface area contributed by atoms with E-state index in [4.69, 9.17) is 23.9 Å². The van der Waals surface area contributed by atoms with Crippen molar-refractivity contribution in [3.63, 3.8) is 0 Å². The summed E-state index contributed by atoms with van der Waals surface area (Å²) in [5, 5.41) is 27.1. The molecule has 12 rings (SSSR count). The molecule has 0 bridgehead atoms. The first-order valence-corrected chi connectivity index (χ1v) is 27.2. The van der Waals surface area contributed by atoms with E-state index in [1.165, 1.54) is 17.2 Å². The van der Waals surface area contributed by atoms with Gasteiger partial charge in [-0.25, -0.2) is 13.1 Å². The number of piperidine rings is 2. The number of carbonyl (C=O) groups is 1. The van der Waals surface area contributed by atoms with Crippen LogP contribution in [0, 0.1) is 22.5 Å². The summed E-state index contributed by atoms with van der Waals surface area (Å²) in [5.74, 6) is -0.548. The number of amides is 1. The highest BCUT2D eigenvalue weighted by Crippen LogP contribution is 2.54. The van der Waals surface area contributed by atoms with Gasteiger partial charge in [-0.2, -0.15) is 4.98 Å². The number of aliphatic hydroxyl groups is 1. The summed E-state index contributed by atoms with van der Waals surface area (Å²) < 4.78 is 55.5. The van der Waals surface area contributed by atoms with Crippen molar-refractivity contribution in [2.24, 2.45) is 5.41 Å². The minimum absolute atomic E-state index is 0.00256. The molecule has 4 N–H and O–H groups in total. The van der Waals surface area contributed by atoms with Crippen LogP contribution in [0.2, 0.25) is 0 Å². The third-order valence-corrected chi connectivity index (χ3v) is 18.1. The topological polar surface area (TPSA) is 217 Å². The van der Waals surface area contributed by atoms with Crippen LogP contribution in [0.1, 0.15) is 79.4 Å². The van der Waals surface area contributed by atoms with Crippen molar-refractivity contribution in [1.82, 2.24) is 24.5 Å². The Morgan fingerprint density at radius 2 is 1.74 bits per heavy atom. The number of aromatic nitrogens is 2. The van der Waals surface area contributed by atoms with Gasteiger partial charge >= 0.3 is 0 Å². The smallest absolute Gasteiger partial charge is 0.297 e. The average Bonchev–Trinajstić information content (AvgIpc) is 3.84. The lowest BCUT2D eigenvalue weighted by molar-refractivity contribution is -0.384. The molecule has 3 aromatic carbocycles. The number of nitrogens with one attached hydrogen (secondary N) is 3. The van der Waals surface area contributed by atoms with Crippen LogP contribution in [-0.4, -0.2) is 146 Å². The monoisotopic (exact) mass is 1020 g/mol.